The van der Waals surface area contributed by atoms with Crippen molar-refractivity contribution in [1.29, 1.82) is 0 Å². The van der Waals surface area contributed by atoms with Crippen LogP contribution in [0.1, 0.15) is 12.2 Å². The lowest BCUT2D eigenvalue weighted by atomic mass is 10.1. The highest BCUT2D eigenvalue weighted by atomic mass is 32.2. The highest BCUT2D eigenvalue weighted by Crippen LogP contribution is 2.15. The summed E-state index contributed by atoms with van der Waals surface area (Å²) in [6.07, 6.45) is 3.54. The molecule has 9 heteroatoms. The van der Waals surface area contributed by atoms with Crippen molar-refractivity contribution < 1.29 is 13.2 Å². The first-order valence-corrected chi connectivity index (χ1v) is 8.93. The second kappa shape index (κ2) is 6.65. The molecule has 124 valence electrons. The molecule has 0 amide bonds. The Hall–Kier alpha value is -1.97. The van der Waals surface area contributed by atoms with Crippen LogP contribution in [0.4, 0.5) is 0 Å². The fraction of sp³-hybridized carbons (Fsp3) is 0.429. The molecule has 0 saturated carbocycles. The van der Waals surface area contributed by atoms with E-state index >= 15 is 0 Å². The lowest BCUT2D eigenvalue weighted by Gasteiger charge is -2.23. The minimum atomic E-state index is -3.66. The maximum absolute atomic E-state index is 11.2. The second-order valence-electron chi connectivity index (χ2n) is 5.41. The molecule has 2 heterocycles. The molecule has 1 aliphatic rings. The van der Waals surface area contributed by atoms with E-state index in [-0.39, 0.29) is 4.90 Å². The van der Waals surface area contributed by atoms with Crippen molar-refractivity contribution in [3.8, 4) is 5.75 Å². The molecule has 3 N–H and O–H groups in total. The van der Waals surface area contributed by atoms with Gasteiger partial charge in [-0.1, -0.05) is 0 Å². The monoisotopic (exact) mass is 337 g/mol. The van der Waals surface area contributed by atoms with E-state index in [0.717, 1.165) is 25.2 Å². The number of nitrogens with two attached hydrogens (primary N) is 1. The average molecular weight is 337 g/mol. The van der Waals surface area contributed by atoms with Crippen LogP contribution in [-0.4, -0.2) is 42.4 Å². The predicted octanol–water partition coefficient (Wildman–Crippen LogP) is -0.0911. The molecule has 23 heavy (non-hydrogen) atoms. The summed E-state index contributed by atoms with van der Waals surface area (Å²) in [4.78, 5) is 4.28. The van der Waals surface area contributed by atoms with Crippen molar-refractivity contribution >= 4 is 10.0 Å². The van der Waals surface area contributed by atoms with E-state index in [0.29, 0.717) is 24.9 Å². The maximum atomic E-state index is 11.2. The van der Waals surface area contributed by atoms with E-state index in [1.807, 2.05) is 4.68 Å². The summed E-state index contributed by atoms with van der Waals surface area (Å²) >= 11 is 0. The molecule has 1 aliphatic heterocycles. The molecule has 3 rings (SSSR count). The molecule has 1 unspecified atom stereocenters. The largest absolute Gasteiger partial charge is 0.492 e. The third kappa shape index (κ3) is 4.06. The van der Waals surface area contributed by atoms with Gasteiger partial charge in [-0.05, 0) is 30.7 Å². The van der Waals surface area contributed by atoms with Gasteiger partial charge in [0.05, 0.1) is 11.4 Å². The van der Waals surface area contributed by atoms with E-state index in [9.17, 15) is 8.42 Å². The predicted molar refractivity (Wildman–Crippen MR) is 83.4 cm³/mol. The van der Waals surface area contributed by atoms with Gasteiger partial charge in [-0.2, -0.15) is 5.10 Å². The molecule has 0 aliphatic carbocycles. The third-order valence-corrected chi connectivity index (χ3v) is 4.69. The molecular weight excluding hydrogens is 318 g/mol. The summed E-state index contributed by atoms with van der Waals surface area (Å²) in [5, 5.41) is 12.7. The van der Waals surface area contributed by atoms with Gasteiger partial charge in [0, 0.05) is 19.0 Å². The van der Waals surface area contributed by atoms with Gasteiger partial charge in [0.1, 0.15) is 24.5 Å². The van der Waals surface area contributed by atoms with Crippen molar-refractivity contribution in [1.82, 2.24) is 20.1 Å². The van der Waals surface area contributed by atoms with Crippen molar-refractivity contribution in [2.75, 3.05) is 13.2 Å². The average Bonchev–Trinajstić information content (AvgIpc) is 2.99. The minimum absolute atomic E-state index is 0.0776. The highest BCUT2D eigenvalue weighted by Gasteiger charge is 2.18. The van der Waals surface area contributed by atoms with Gasteiger partial charge < -0.3 is 10.1 Å². The number of benzene rings is 1. The molecule has 1 aromatic heterocycles. The molecule has 8 nitrogen and oxygen atoms in total. The highest BCUT2D eigenvalue weighted by molar-refractivity contribution is 7.89. The van der Waals surface area contributed by atoms with Crippen molar-refractivity contribution in [2.24, 2.45) is 5.14 Å². The van der Waals surface area contributed by atoms with Crippen LogP contribution < -0.4 is 15.2 Å². The molecular formula is C14H19N5O3S. The molecule has 2 aromatic rings. The van der Waals surface area contributed by atoms with Gasteiger partial charge >= 0.3 is 0 Å². The molecule has 0 radical (unpaired) electrons. The standard InChI is InChI=1S/C14H19N5O3S/c15-23(20,21)13-4-2-12(3-5-13)22-8-7-16-11-1-6-14-17-10-18-19(14)9-11/h2-5,10-11,16H,1,6-9H2,(H2,15,20,21). The Balaban J connectivity index is 1.42. The number of nitrogens with one attached hydrogen (secondary N) is 1. The summed E-state index contributed by atoms with van der Waals surface area (Å²) < 4.78 is 29.8. The second-order valence-corrected chi connectivity index (χ2v) is 6.97. The van der Waals surface area contributed by atoms with E-state index in [4.69, 9.17) is 9.88 Å². The lowest BCUT2D eigenvalue weighted by Crippen LogP contribution is -2.39. The zero-order valence-electron chi connectivity index (χ0n) is 12.6. The van der Waals surface area contributed by atoms with Gasteiger partial charge in [0.15, 0.2) is 0 Å². The Morgan fingerprint density at radius 2 is 2.13 bits per heavy atom. The number of nitrogens with zero attached hydrogens (tertiary/aromatic N) is 3. The Morgan fingerprint density at radius 1 is 1.35 bits per heavy atom. The van der Waals surface area contributed by atoms with Crippen LogP contribution in [0.25, 0.3) is 0 Å². The number of fused-ring (bicyclic) bond motifs is 1. The van der Waals surface area contributed by atoms with Gasteiger partial charge in [-0.15, -0.1) is 0 Å². The van der Waals surface area contributed by atoms with Crippen LogP contribution in [0.15, 0.2) is 35.5 Å². The number of primary sulfonamides is 1. The van der Waals surface area contributed by atoms with E-state index in [1.54, 1.807) is 18.5 Å². The first kappa shape index (κ1) is 15.9. The normalized spacial score (nSPS) is 17.7. The van der Waals surface area contributed by atoms with E-state index < -0.39 is 10.0 Å². The van der Waals surface area contributed by atoms with Crippen LogP contribution in [0, 0.1) is 0 Å². The maximum Gasteiger partial charge on any atom is 0.238 e. The summed E-state index contributed by atoms with van der Waals surface area (Å²) in [7, 11) is -3.66. The molecule has 0 fully saturated rings. The lowest BCUT2D eigenvalue weighted by molar-refractivity contribution is 0.286. The quantitative estimate of drug-likeness (QED) is 0.713. The zero-order valence-corrected chi connectivity index (χ0v) is 13.4. The van der Waals surface area contributed by atoms with Crippen molar-refractivity contribution in [3.63, 3.8) is 0 Å². The van der Waals surface area contributed by atoms with Gasteiger partial charge in [0.25, 0.3) is 0 Å². The Labute approximate surface area is 134 Å². The number of rotatable bonds is 6. The van der Waals surface area contributed by atoms with Crippen LogP contribution in [0.3, 0.4) is 0 Å². The van der Waals surface area contributed by atoms with Crippen molar-refractivity contribution in [3.05, 3.63) is 36.4 Å². The SMILES string of the molecule is NS(=O)(=O)c1ccc(OCCNC2CCc3ncnn3C2)cc1. The summed E-state index contributed by atoms with van der Waals surface area (Å²) in [5.41, 5.74) is 0. The fourth-order valence-electron chi connectivity index (χ4n) is 2.56. The third-order valence-electron chi connectivity index (χ3n) is 3.76. The topological polar surface area (TPSA) is 112 Å². The van der Waals surface area contributed by atoms with Crippen LogP contribution >= 0.6 is 0 Å². The summed E-state index contributed by atoms with van der Waals surface area (Å²) in [6.45, 7) is 2.01. The number of hydrogen-bond donors (Lipinski definition) is 2. The summed E-state index contributed by atoms with van der Waals surface area (Å²) in [6, 6.07) is 6.43. The number of ether oxygens (including phenoxy) is 1. The van der Waals surface area contributed by atoms with Gasteiger partial charge in [0.2, 0.25) is 10.0 Å². The number of aryl methyl sites for hydroxylation is 1. The van der Waals surface area contributed by atoms with Crippen molar-refractivity contribution in [2.45, 2.75) is 30.3 Å². The number of sulfonamides is 1. The Morgan fingerprint density at radius 3 is 2.87 bits per heavy atom. The Kier molecular flexibility index (Phi) is 4.60. The smallest absolute Gasteiger partial charge is 0.238 e. The van der Waals surface area contributed by atoms with E-state index in [1.165, 1.54) is 12.1 Å². The molecule has 1 aromatic carbocycles. The minimum Gasteiger partial charge on any atom is -0.492 e. The zero-order chi connectivity index (χ0) is 16.3. The van der Waals surface area contributed by atoms with Crippen LogP contribution in [-0.2, 0) is 23.0 Å². The van der Waals surface area contributed by atoms with E-state index in [2.05, 4.69) is 15.4 Å². The van der Waals surface area contributed by atoms with Crippen LogP contribution in [0.2, 0.25) is 0 Å². The van der Waals surface area contributed by atoms with Gasteiger partial charge in [-0.3, -0.25) is 0 Å². The molecule has 0 saturated heterocycles. The molecule has 0 spiro atoms. The first-order chi connectivity index (χ1) is 11.0. The molecule has 1 atom stereocenters. The number of aromatic nitrogens is 3. The summed E-state index contributed by atoms with van der Waals surface area (Å²) in [5.74, 6) is 1.65. The Bertz CT molecular complexity index is 757. The number of hydrogen-bond acceptors (Lipinski definition) is 6. The fourth-order valence-corrected chi connectivity index (χ4v) is 3.08. The van der Waals surface area contributed by atoms with Crippen LogP contribution in [0.5, 0.6) is 5.75 Å². The first-order valence-electron chi connectivity index (χ1n) is 7.38. The van der Waals surface area contributed by atoms with Gasteiger partial charge in [-0.25, -0.2) is 23.2 Å². The molecule has 0 bridgehead atoms.